The van der Waals surface area contributed by atoms with Gasteiger partial charge in [-0.05, 0) is 51.2 Å². The summed E-state index contributed by atoms with van der Waals surface area (Å²) in [5.41, 5.74) is 2.46. The summed E-state index contributed by atoms with van der Waals surface area (Å²) in [6, 6.07) is 15.9. The molecular weight excluding hydrogens is 336 g/mol. The van der Waals surface area contributed by atoms with Crippen molar-refractivity contribution in [3.63, 3.8) is 0 Å². The number of aliphatic imine (C=N–C) groups is 1. The van der Waals surface area contributed by atoms with Crippen LogP contribution in [0.1, 0.15) is 37.4 Å². The number of aromatic nitrogens is 1. The van der Waals surface area contributed by atoms with Crippen LogP contribution in [0.5, 0.6) is 0 Å². The first kappa shape index (κ1) is 20.7. The smallest absolute Gasteiger partial charge is 0.250 e. The van der Waals surface area contributed by atoms with Crippen LogP contribution in [0.15, 0.2) is 58.3 Å². The van der Waals surface area contributed by atoms with Crippen molar-refractivity contribution in [2.45, 2.75) is 46.1 Å². The number of hydrogen-bond donors (Lipinski definition) is 2. The van der Waals surface area contributed by atoms with E-state index >= 15 is 0 Å². The highest BCUT2D eigenvalue weighted by Crippen LogP contribution is 2.02. The summed E-state index contributed by atoms with van der Waals surface area (Å²) in [7, 11) is 0. The first-order chi connectivity index (χ1) is 13.2. The summed E-state index contributed by atoms with van der Waals surface area (Å²) in [6.07, 6.45) is 4.05. The Balaban J connectivity index is 1.68. The number of unbranched alkanes of at least 4 members (excludes halogenated alkanes) is 1. The molecule has 0 amide bonds. The van der Waals surface area contributed by atoms with Gasteiger partial charge in [-0.15, -0.1) is 0 Å². The van der Waals surface area contributed by atoms with Gasteiger partial charge in [0, 0.05) is 37.9 Å². The van der Waals surface area contributed by atoms with E-state index < -0.39 is 0 Å². The Hall–Kier alpha value is -2.56. The van der Waals surface area contributed by atoms with Crippen LogP contribution in [0.2, 0.25) is 0 Å². The molecule has 1 aromatic carbocycles. The van der Waals surface area contributed by atoms with Crippen molar-refractivity contribution in [2.24, 2.45) is 4.99 Å². The number of hydrogen-bond acceptors (Lipinski definition) is 2. The molecule has 0 atom stereocenters. The van der Waals surface area contributed by atoms with Gasteiger partial charge in [0.1, 0.15) is 0 Å². The van der Waals surface area contributed by atoms with E-state index in [9.17, 15) is 4.79 Å². The minimum atomic E-state index is 0.0799. The number of pyridine rings is 1. The third-order valence-corrected chi connectivity index (χ3v) is 4.45. The highest BCUT2D eigenvalue weighted by molar-refractivity contribution is 5.79. The quantitative estimate of drug-likeness (QED) is 0.385. The van der Waals surface area contributed by atoms with Crippen LogP contribution in [0.25, 0.3) is 0 Å². The Kier molecular flexibility index (Phi) is 9.18. The largest absolute Gasteiger partial charge is 0.357 e. The molecule has 1 heterocycles. The van der Waals surface area contributed by atoms with Crippen molar-refractivity contribution in [2.75, 3.05) is 19.6 Å². The Morgan fingerprint density at radius 3 is 2.56 bits per heavy atom. The molecule has 0 spiro atoms. The molecule has 2 N–H and O–H groups in total. The fourth-order valence-corrected chi connectivity index (χ4v) is 2.97. The van der Waals surface area contributed by atoms with Gasteiger partial charge in [-0.2, -0.15) is 0 Å². The molecule has 0 radical (unpaired) electrons. The van der Waals surface area contributed by atoms with E-state index in [-0.39, 0.29) is 5.56 Å². The van der Waals surface area contributed by atoms with E-state index in [1.54, 1.807) is 6.07 Å². The molecule has 0 aliphatic rings. The van der Waals surface area contributed by atoms with Gasteiger partial charge in [-0.25, -0.2) is 0 Å². The Morgan fingerprint density at radius 1 is 1.00 bits per heavy atom. The molecule has 1 aromatic heterocycles. The second-order valence-electron chi connectivity index (χ2n) is 6.64. The molecule has 0 bridgehead atoms. The molecule has 0 saturated carbocycles. The molecule has 0 aliphatic heterocycles. The third-order valence-electron chi connectivity index (χ3n) is 4.45. The SMILES string of the molecule is CCNC(=NCCCc1ccccc1)NCCCCn1c(C)cccc1=O. The molecule has 5 nitrogen and oxygen atoms in total. The average molecular weight is 369 g/mol. The number of nitrogens with zero attached hydrogens (tertiary/aromatic N) is 2. The predicted molar refractivity (Wildman–Crippen MR) is 113 cm³/mol. The average Bonchev–Trinajstić information content (AvgIpc) is 2.67. The van der Waals surface area contributed by atoms with Gasteiger partial charge in [-0.3, -0.25) is 9.79 Å². The van der Waals surface area contributed by atoms with Crippen LogP contribution >= 0.6 is 0 Å². The molecule has 0 unspecified atom stereocenters. The molecule has 5 heteroatoms. The highest BCUT2D eigenvalue weighted by Gasteiger charge is 2.00. The Labute approximate surface area is 162 Å². The van der Waals surface area contributed by atoms with E-state index in [2.05, 4.69) is 46.8 Å². The molecule has 2 rings (SSSR count). The Morgan fingerprint density at radius 2 is 1.81 bits per heavy atom. The van der Waals surface area contributed by atoms with Gasteiger partial charge >= 0.3 is 0 Å². The lowest BCUT2D eigenvalue weighted by Gasteiger charge is -2.12. The minimum Gasteiger partial charge on any atom is -0.357 e. The zero-order valence-corrected chi connectivity index (χ0v) is 16.6. The van der Waals surface area contributed by atoms with Gasteiger partial charge in [0.15, 0.2) is 5.96 Å². The van der Waals surface area contributed by atoms with Crippen LogP contribution < -0.4 is 16.2 Å². The van der Waals surface area contributed by atoms with Gasteiger partial charge in [0.2, 0.25) is 0 Å². The van der Waals surface area contributed by atoms with Crippen LogP contribution in [-0.2, 0) is 13.0 Å². The van der Waals surface area contributed by atoms with Gasteiger partial charge < -0.3 is 15.2 Å². The molecule has 0 saturated heterocycles. The number of guanidine groups is 1. The fourth-order valence-electron chi connectivity index (χ4n) is 2.97. The second kappa shape index (κ2) is 11.9. The minimum absolute atomic E-state index is 0.0799. The summed E-state index contributed by atoms with van der Waals surface area (Å²) in [5, 5.41) is 6.68. The van der Waals surface area contributed by atoms with Crippen LogP contribution in [-0.4, -0.2) is 30.2 Å². The molecule has 146 valence electrons. The fraction of sp³-hybridized carbons (Fsp3) is 0.455. The summed E-state index contributed by atoms with van der Waals surface area (Å²) in [4.78, 5) is 16.5. The lowest BCUT2D eigenvalue weighted by Crippen LogP contribution is -2.38. The van der Waals surface area contributed by atoms with Crippen molar-refractivity contribution in [3.05, 3.63) is 70.1 Å². The summed E-state index contributed by atoms with van der Waals surface area (Å²) < 4.78 is 1.84. The zero-order chi connectivity index (χ0) is 19.3. The lowest BCUT2D eigenvalue weighted by molar-refractivity contribution is 0.575. The van der Waals surface area contributed by atoms with Crippen LogP contribution in [0.3, 0.4) is 0 Å². The summed E-state index contributed by atoms with van der Waals surface area (Å²) >= 11 is 0. The highest BCUT2D eigenvalue weighted by atomic mass is 16.1. The lowest BCUT2D eigenvalue weighted by atomic mass is 10.1. The number of nitrogens with one attached hydrogen (secondary N) is 2. The number of aryl methyl sites for hydroxylation is 2. The molecule has 0 aliphatic carbocycles. The molecule has 27 heavy (non-hydrogen) atoms. The van der Waals surface area contributed by atoms with Gasteiger partial charge in [0.25, 0.3) is 5.56 Å². The Bertz CT molecular complexity index is 752. The molecular formula is C22H32N4O. The van der Waals surface area contributed by atoms with Crippen molar-refractivity contribution in [1.82, 2.24) is 15.2 Å². The van der Waals surface area contributed by atoms with Crippen LogP contribution in [0.4, 0.5) is 0 Å². The summed E-state index contributed by atoms with van der Waals surface area (Å²) in [5.74, 6) is 0.874. The van der Waals surface area contributed by atoms with Crippen molar-refractivity contribution in [1.29, 1.82) is 0 Å². The van der Waals surface area contributed by atoms with Crippen LogP contribution in [0, 0.1) is 6.92 Å². The van der Waals surface area contributed by atoms with Gasteiger partial charge in [-0.1, -0.05) is 36.4 Å². The standard InChI is InChI=1S/C22H32N4O/c1-3-23-22(25-17-10-14-20-12-5-4-6-13-20)24-16-7-8-18-26-19(2)11-9-15-21(26)27/h4-6,9,11-13,15H,3,7-8,10,14,16-18H2,1-2H3,(H2,23,24,25). The van der Waals surface area contributed by atoms with E-state index in [4.69, 9.17) is 0 Å². The summed E-state index contributed by atoms with van der Waals surface area (Å²) in [6.45, 7) is 7.33. The monoisotopic (exact) mass is 368 g/mol. The van der Waals surface area contributed by atoms with E-state index in [0.29, 0.717) is 0 Å². The molecule has 0 fully saturated rings. The number of benzene rings is 1. The maximum atomic E-state index is 11.9. The van der Waals surface area contributed by atoms with Gasteiger partial charge in [0.05, 0.1) is 0 Å². The maximum absolute atomic E-state index is 11.9. The van der Waals surface area contributed by atoms with Crippen molar-refractivity contribution < 1.29 is 0 Å². The first-order valence-corrected chi connectivity index (χ1v) is 9.93. The molecule has 2 aromatic rings. The van der Waals surface area contributed by atoms with E-state index in [1.807, 2.05) is 29.7 Å². The maximum Gasteiger partial charge on any atom is 0.250 e. The predicted octanol–water partition coefficient (Wildman–Crippen LogP) is 3.12. The van der Waals surface area contributed by atoms with E-state index in [0.717, 1.165) is 63.5 Å². The van der Waals surface area contributed by atoms with E-state index in [1.165, 1.54) is 5.56 Å². The van der Waals surface area contributed by atoms with Crippen molar-refractivity contribution >= 4 is 5.96 Å². The van der Waals surface area contributed by atoms with Crippen molar-refractivity contribution in [3.8, 4) is 0 Å². The normalized spacial score (nSPS) is 11.4. The zero-order valence-electron chi connectivity index (χ0n) is 16.6. The third kappa shape index (κ3) is 7.69. The first-order valence-electron chi connectivity index (χ1n) is 9.93. The second-order valence-corrected chi connectivity index (χ2v) is 6.64. The number of rotatable bonds is 10. The topological polar surface area (TPSA) is 58.4 Å².